The molecule has 1 heterocycles. The third-order valence-corrected chi connectivity index (χ3v) is 4.58. The molecule has 0 aromatic heterocycles. The van der Waals surface area contributed by atoms with Crippen molar-refractivity contribution in [2.24, 2.45) is 15.8 Å². The molecule has 160 valence electrons. The number of halogens is 3. The lowest BCUT2D eigenvalue weighted by Crippen LogP contribution is -2.35. The third-order valence-electron chi connectivity index (χ3n) is 4.25. The van der Waals surface area contributed by atoms with E-state index in [4.69, 9.17) is 18.1 Å². The van der Waals surface area contributed by atoms with Gasteiger partial charge in [-0.2, -0.15) is 0 Å². The molecule has 1 atom stereocenters. The first kappa shape index (κ1) is 23.0. The van der Waals surface area contributed by atoms with E-state index in [-0.39, 0.29) is 30.5 Å². The first-order chi connectivity index (χ1) is 13.7. The number of hydrazine groups is 1. The molecule has 0 saturated carbocycles. The molecular formula is C18H24F3N5O2S. The van der Waals surface area contributed by atoms with Crippen LogP contribution in [0.15, 0.2) is 33.5 Å². The molecule has 4 N–H and O–H groups in total. The fourth-order valence-electron chi connectivity index (χ4n) is 2.91. The topological polar surface area (TPSA) is 101 Å². The molecule has 1 aliphatic heterocycles. The molecule has 11 heteroatoms. The van der Waals surface area contributed by atoms with Crippen LogP contribution in [0.4, 0.5) is 13.2 Å². The number of nitrogens with two attached hydrogens (primary N) is 1. The van der Waals surface area contributed by atoms with Gasteiger partial charge in [0.1, 0.15) is 11.6 Å². The van der Waals surface area contributed by atoms with Crippen LogP contribution in [0.3, 0.4) is 0 Å². The van der Waals surface area contributed by atoms with Crippen LogP contribution in [-0.2, 0) is 9.53 Å². The minimum atomic E-state index is -4.73. The lowest BCUT2D eigenvalue weighted by Gasteiger charge is -2.17. The average Bonchev–Trinajstić information content (AvgIpc) is 2.65. The van der Waals surface area contributed by atoms with Crippen LogP contribution in [0.5, 0.6) is 0 Å². The Labute approximate surface area is 172 Å². The maximum atomic E-state index is 12.3. The number of carbonyl (C=O) groups excluding carboxylic acids is 1. The van der Waals surface area contributed by atoms with Gasteiger partial charge < -0.3 is 15.5 Å². The molecule has 7 nitrogen and oxygen atoms in total. The first-order valence-electron chi connectivity index (χ1n) is 9.27. The Balaban J connectivity index is 1.72. The number of unbranched alkanes of at least 4 members (excludes halogenated alkanes) is 1. The number of hydrogen-bond donors (Lipinski definition) is 3. The SMILES string of the molecule is NNC(=S)CCCCC1CN=C(NC(=O)CC2=CCCC(OC(F)(F)F)=C2)C=N1. The van der Waals surface area contributed by atoms with Gasteiger partial charge >= 0.3 is 6.36 Å². The Kier molecular flexibility index (Phi) is 8.77. The van der Waals surface area contributed by atoms with Gasteiger partial charge in [-0.1, -0.05) is 24.7 Å². The smallest absolute Gasteiger partial charge is 0.410 e. The summed E-state index contributed by atoms with van der Waals surface area (Å²) in [5.41, 5.74) is 2.92. The van der Waals surface area contributed by atoms with Crippen LogP contribution >= 0.6 is 12.2 Å². The summed E-state index contributed by atoms with van der Waals surface area (Å²) in [6.45, 7) is 0.470. The summed E-state index contributed by atoms with van der Waals surface area (Å²) in [5.74, 6) is 5.01. The van der Waals surface area contributed by atoms with Crippen molar-refractivity contribution in [2.45, 2.75) is 57.3 Å². The number of thiocarbonyl (C=S) groups is 1. The van der Waals surface area contributed by atoms with Gasteiger partial charge in [0.2, 0.25) is 5.91 Å². The molecule has 0 spiro atoms. The van der Waals surface area contributed by atoms with E-state index in [1.165, 1.54) is 12.3 Å². The molecule has 29 heavy (non-hydrogen) atoms. The number of hydrogen-bond acceptors (Lipinski definition) is 6. The standard InChI is InChI=1S/C18H24F3N5O2S/c19-18(20,21)28-14-6-3-4-12(8-14)9-16(27)25-15-11-23-13(10-24-15)5-1-2-7-17(29)26-22/h4,8,11,13H,1-3,5-7,9-10,22H2,(H,26,29)(H,24,25,27). The Bertz CT molecular complexity index is 731. The molecule has 1 unspecified atom stereocenters. The zero-order chi connectivity index (χ0) is 21.3. The number of nitrogens with one attached hydrogen (secondary N) is 2. The van der Waals surface area contributed by atoms with Gasteiger partial charge in [-0.15, -0.1) is 13.2 Å². The summed E-state index contributed by atoms with van der Waals surface area (Å²) in [6, 6.07) is 0.0566. The van der Waals surface area contributed by atoms with E-state index in [2.05, 4.69) is 25.5 Å². The second-order valence-corrected chi connectivity index (χ2v) is 7.17. The number of nitrogens with zero attached hydrogens (tertiary/aromatic N) is 2. The molecular weight excluding hydrogens is 407 g/mol. The van der Waals surface area contributed by atoms with Crippen LogP contribution in [0.2, 0.25) is 0 Å². The van der Waals surface area contributed by atoms with Crippen LogP contribution in [0, 0.1) is 0 Å². The van der Waals surface area contributed by atoms with Crippen molar-refractivity contribution in [1.29, 1.82) is 0 Å². The van der Waals surface area contributed by atoms with E-state index in [0.29, 0.717) is 29.4 Å². The normalized spacial score (nSPS) is 19.0. The molecule has 2 rings (SSSR count). The average molecular weight is 431 g/mol. The number of amidine groups is 1. The molecule has 0 fully saturated rings. The zero-order valence-corrected chi connectivity index (χ0v) is 16.6. The van der Waals surface area contributed by atoms with E-state index in [1.54, 1.807) is 6.08 Å². The number of allylic oxidation sites excluding steroid dienone is 3. The van der Waals surface area contributed by atoms with Gasteiger partial charge in [0.05, 0.1) is 30.2 Å². The van der Waals surface area contributed by atoms with Crippen LogP contribution in [-0.4, -0.2) is 41.9 Å². The first-order valence-corrected chi connectivity index (χ1v) is 9.68. The zero-order valence-electron chi connectivity index (χ0n) is 15.8. The van der Waals surface area contributed by atoms with Crippen molar-refractivity contribution in [1.82, 2.24) is 10.7 Å². The van der Waals surface area contributed by atoms with Crippen molar-refractivity contribution in [2.75, 3.05) is 6.54 Å². The van der Waals surface area contributed by atoms with E-state index in [9.17, 15) is 18.0 Å². The molecule has 0 bridgehead atoms. The highest BCUT2D eigenvalue weighted by molar-refractivity contribution is 7.80. The quantitative estimate of drug-likeness (QED) is 0.237. The third kappa shape index (κ3) is 9.18. The monoisotopic (exact) mass is 431 g/mol. The summed E-state index contributed by atoms with van der Waals surface area (Å²) in [4.78, 5) is 21.5. The maximum Gasteiger partial charge on any atom is 0.572 e. The molecule has 0 aromatic rings. The lowest BCUT2D eigenvalue weighted by molar-refractivity contribution is -0.306. The van der Waals surface area contributed by atoms with Gasteiger partial charge in [-0.3, -0.25) is 20.6 Å². The Morgan fingerprint density at radius 2 is 2.17 bits per heavy atom. The van der Waals surface area contributed by atoms with Crippen LogP contribution in [0.25, 0.3) is 0 Å². The predicted molar refractivity (Wildman–Crippen MR) is 108 cm³/mol. The van der Waals surface area contributed by atoms with Crippen molar-refractivity contribution in [3.63, 3.8) is 0 Å². The molecule has 0 saturated heterocycles. The Morgan fingerprint density at radius 1 is 1.38 bits per heavy atom. The number of aliphatic imine (C=N–C) groups is 2. The van der Waals surface area contributed by atoms with Crippen LogP contribution in [0.1, 0.15) is 44.9 Å². The van der Waals surface area contributed by atoms with Crippen molar-refractivity contribution < 1.29 is 22.7 Å². The largest absolute Gasteiger partial charge is 0.572 e. The van der Waals surface area contributed by atoms with Gasteiger partial charge in [0, 0.05) is 6.42 Å². The summed E-state index contributed by atoms with van der Waals surface area (Å²) in [5, 5.41) is 2.63. The highest BCUT2D eigenvalue weighted by atomic mass is 32.1. The maximum absolute atomic E-state index is 12.3. The molecule has 0 radical (unpaired) electrons. The highest BCUT2D eigenvalue weighted by Crippen LogP contribution is 2.27. The molecule has 1 amide bonds. The van der Waals surface area contributed by atoms with Gasteiger partial charge in [0.15, 0.2) is 0 Å². The second kappa shape index (κ2) is 11.1. The summed E-state index contributed by atoms with van der Waals surface area (Å²) in [7, 11) is 0. The highest BCUT2D eigenvalue weighted by Gasteiger charge is 2.32. The number of alkyl halides is 3. The number of carbonyl (C=O) groups is 1. The number of ether oxygens (including phenoxy) is 1. The van der Waals surface area contributed by atoms with E-state index >= 15 is 0 Å². The molecule has 2 aliphatic rings. The minimum absolute atomic E-state index is 0.0566. The van der Waals surface area contributed by atoms with Crippen molar-refractivity contribution >= 4 is 35.2 Å². The van der Waals surface area contributed by atoms with E-state index in [1.807, 2.05) is 0 Å². The Hall–Kier alpha value is -2.27. The number of amides is 1. The predicted octanol–water partition coefficient (Wildman–Crippen LogP) is 2.84. The van der Waals surface area contributed by atoms with E-state index in [0.717, 1.165) is 25.7 Å². The summed E-state index contributed by atoms with van der Waals surface area (Å²) in [6.07, 6.45) is 3.68. The van der Waals surface area contributed by atoms with Crippen molar-refractivity contribution in [3.8, 4) is 0 Å². The fourth-order valence-corrected chi connectivity index (χ4v) is 3.05. The van der Waals surface area contributed by atoms with Gasteiger partial charge in [-0.25, -0.2) is 0 Å². The van der Waals surface area contributed by atoms with Gasteiger partial charge in [0.25, 0.3) is 0 Å². The van der Waals surface area contributed by atoms with E-state index < -0.39 is 6.36 Å². The molecule has 0 aromatic carbocycles. The second-order valence-electron chi connectivity index (χ2n) is 6.67. The van der Waals surface area contributed by atoms with Crippen LogP contribution < -0.4 is 16.6 Å². The lowest BCUT2D eigenvalue weighted by atomic mass is 10.0. The summed E-state index contributed by atoms with van der Waals surface area (Å²) < 4.78 is 40.9. The van der Waals surface area contributed by atoms with Crippen molar-refractivity contribution in [3.05, 3.63) is 23.5 Å². The molecule has 1 aliphatic carbocycles. The fraction of sp³-hybridized carbons (Fsp3) is 0.556. The van der Waals surface area contributed by atoms with Gasteiger partial charge in [-0.05, 0) is 37.3 Å². The minimum Gasteiger partial charge on any atom is -0.410 e. The summed E-state index contributed by atoms with van der Waals surface area (Å²) >= 11 is 4.98. The number of rotatable bonds is 8. The Morgan fingerprint density at radius 3 is 2.83 bits per heavy atom.